The van der Waals surface area contributed by atoms with Crippen LogP contribution in [0.15, 0.2) is 183 Å². The van der Waals surface area contributed by atoms with Gasteiger partial charge in [-0.2, -0.15) is 0 Å². The molecule has 4 heterocycles. The van der Waals surface area contributed by atoms with Crippen molar-refractivity contribution in [2.75, 3.05) is 6.54 Å². The topological polar surface area (TPSA) is 50.7 Å². The summed E-state index contributed by atoms with van der Waals surface area (Å²) >= 11 is 0. The average Bonchev–Trinajstić information content (AvgIpc) is 3.52. The fraction of sp³-hybridized carbons (Fsp3) is 0.113. The Morgan fingerprint density at radius 3 is 2.04 bits per heavy atom. The smallest absolute Gasteiger partial charge is 0.0346 e. The zero-order valence-electron chi connectivity index (χ0n) is 32.2. The second kappa shape index (κ2) is 14.3. The van der Waals surface area contributed by atoms with Gasteiger partial charge in [0.1, 0.15) is 0 Å². The lowest BCUT2D eigenvalue weighted by Gasteiger charge is -2.25. The molecular weight excluding hydrogens is 693 g/mol. The van der Waals surface area contributed by atoms with Crippen molar-refractivity contribution in [3.8, 4) is 44.5 Å². The third-order valence-corrected chi connectivity index (χ3v) is 11.9. The molecule has 0 saturated heterocycles. The van der Waals surface area contributed by atoms with Gasteiger partial charge in [0.25, 0.3) is 0 Å². The van der Waals surface area contributed by atoms with Crippen molar-refractivity contribution in [2.24, 2.45) is 0 Å². The third-order valence-electron chi connectivity index (χ3n) is 11.9. The predicted molar refractivity (Wildman–Crippen MR) is 235 cm³/mol. The van der Waals surface area contributed by atoms with Crippen molar-refractivity contribution in [3.05, 3.63) is 216 Å². The van der Waals surface area contributed by atoms with Crippen LogP contribution in [0, 0.1) is 0 Å². The van der Waals surface area contributed by atoms with Crippen LogP contribution in [0.3, 0.4) is 0 Å². The maximum atomic E-state index is 4.67. The molecule has 57 heavy (non-hydrogen) atoms. The monoisotopic (exact) mass is 734 g/mol. The summed E-state index contributed by atoms with van der Waals surface area (Å²) in [6, 6.07) is 42.6. The fourth-order valence-electron chi connectivity index (χ4n) is 8.86. The lowest BCUT2D eigenvalue weighted by Crippen LogP contribution is -2.15. The maximum absolute atomic E-state index is 4.67. The first-order chi connectivity index (χ1) is 28.0. The molecule has 4 nitrogen and oxygen atoms in total. The van der Waals surface area contributed by atoms with E-state index in [1.165, 1.54) is 61.2 Å². The molecule has 0 spiro atoms. The van der Waals surface area contributed by atoms with E-state index >= 15 is 0 Å². The van der Waals surface area contributed by atoms with Gasteiger partial charge in [0.15, 0.2) is 0 Å². The molecule has 1 atom stereocenters. The molecule has 4 heteroatoms. The standard InChI is InChI=1S/C53H42N4/c1-53(2)51-12-4-3-11-49(51)50-14-13-41(30-52(50)53)44-26-42(37-7-5-9-39(23-37)47-28-45(31-56-33-47)35-15-19-54-20-16-35)25-43(27-44)38-8-6-10-40(24-38)48-29-46(32-57-34-48)36-17-21-55-22-18-36/h3-21,23-24,26-34,43,55H,22,25H2,1-2H3. The molecule has 7 aromatic rings. The van der Waals surface area contributed by atoms with Crippen molar-refractivity contribution in [1.29, 1.82) is 0 Å². The highest BCUT2D eigenvalue weighted by Crippen LogP contribution is 2.50. The van der Waals surface area contributed by atoms with Crippen LogP contribution in [0.5, 0.6) is 0 Å². The molecule has 0 amide bonds. The molecule has 0 bridgehead atoms. The summed E-state index contributed by atoms with van der Waals surface area (Å²) < 4.78 is 0. The molecule has 0 saturated carbocycles. The van der Waals surface area contributed by atoms with E-state index in [0.717, 1.165) is 46.3 Å². The second-order valence-corrected chi connectivity index (χ2v) is 15.8. The molecule has 1 N–H and O–H groups in total. The Morgan fingerprint density at radius 1 is 0.544 bits per heavy atom. The van der Waals surface area contributed by atoms with Gasteiger partial charge in [0.05, 0.1) is 0 Å². The van der Waals surface area contributed by atoms with E-state index < -0.39 is 0 Å². The highest BCUT2D eigenvalue weighted by atomic mass is 14.8. The van der Waals surface area contributed by atoms with Crippen LogP contribution >= 0.6 is 0 Å². The van der Waals surface area contributed by atoms with Gasteiger partial charge in [-0.1, -0.05) is 111 Å². The van der Waals surface area contributed by atoms with Crippen molar-refractivity contribution in [3.63, 3.8) is 0 Å². The molecule has 4 aromatic carbocycles. The van der Waals surface area contributed by atoms with E-state index in [-0.39, 0.29) is 11.3 Å². The highest BCUT2D eigenvalue weighted by Gasteiger charge is 2.35. The Labute approximate surface area is 334 Å². The van der Waals surface area contributed by atoms with Gasteiger partial charge in [-0.3, -0.25) is 15.0 Å². The number of hydrogen-bond acceptors (Lipinski definition) is 4. The number of nitrogens with zero attached hydrogens (tertiary/aromatic N) is 3. The van der Waals surface area contributed by atoms with Gasteiger partial charge in [0, 0.05) is 77.3 Å². The average molecular weight is 735 g/mol. The lowest BCUT2D eigenvalue weighted by atomic mass is 9.78. The van der Waals surface area contributed by atoms with Crippen LogP contribution in [0.1, 0.15) is 59.6 Å². The van der Waals surface area contributed by atoms with Crippen LogP contribution in [-0.2, 0) is 5.41 Å². The number of rotatable bonds is 7. The molecule has 3 aliphatic rings. The van der Waals surface area contributed by atoms with E-state index in [1.807, 2.05) is 55.5 Å². The van der Waals surface area contributed by atoms with Gasteiger partial charge in [-0.05, 0) is 127 Å². The van der Waals surface area contributed by atoms with Gasteiger partial charge in [0.2, 0.25) is 0 Å². The minimum absolute atomic E-state index is 0.0762. The summed E-state index contributed by atoms with van der Waals surface area (Å²) in [5.41, 5.74) is 20.8. The largest absolute Gasteiger partial charge is 0.387 e. The first-order valence-electron chi connectivity index (χ1n) is 19.8. The van der Waals surface area contributed by atoms with Crippen molar-refractivity contribution < 1.29 is 0 Å². The number of aromatic nitrogens is 3. The SMILES string of the molecule is CC1(C)c2ccccc2-c2ccc(C3=CC(c4cccc(-c5cncc(C6=CCNC=C6)c5)c4)CC(c4cccc(-c5cncc(-c6ccncc6)c5)c4)=C3)cc21. The Hall–Kier alpha value is -6.91. The number of dihydropyridines is 1. The molecule has 0 radical (unpaired) electrons. The quantitative estimate of drug-likeness (QED) is 0.177. The van der Waals surface area contributed by atoms with Crippen LogP contribution < -0.4 is 5.32 Å². The zero-order chi connectivity index (χ0) is 38.3. The van der Waals surface area contributed by atoms with E-state index in [0.29, 0.717) is 0 Å². The highest BCUT2D eigenvalue weighted by molar-refractivity contribution is 5.90. The van der Waals surface area contributed by atoms with Crippen LogP contribution in [-0.4, -0.2) is 21.5 Å². The Balaban J connectivity index is 1.05. The third kappa shape index (κ3) is 6.53. The predicted octanol–water partition coefficient (Wildman–Crippen LogP) is 12.3. The molecule has 1 unspecified atom stereocenters. The van der Waals surface area contributed by atoms with Crippen LogP contribution in [0.2, 0.25) is 0 Å². The molecular formula is C53H42N4. The zero-order valence-corrected chi connectivity index (χ0v) is 32.2. The molecule has 274 valence electrons. The van der Waals surface area contributed by atoms with E-state index in [2.05, 4.69) is 162 Å². The molecule has 0 fully saturated rings. The molecule has 1 aliphatic heterocycles. The first-order valence-corrected chi connectivity index (χ1v) is 19.8. The van der Waals surface area contributed by atoms with Gasteiger partial charge in [-0.25, -0.2) is 0 Å². The van der Waals surface area contributed by atoms with Crippen molar-refractivity contribution >= 4 is 16.7 Å². The van der Waals surface area contributed by atoms with Gasteiger partial charge in [-0.15, -0.1) is 0 Å². The first kappa shape index (κ1) is 34.6. The summed E-state index contributed by atoms with van der Waals surface area (Å²) in [6.45, 7) is 5.54. The summed E-state index contributed by atoms with van der Waals surface area (Å²) in [7, 11) is 0. The normalized spacial score (nSPS) is 16.5. The summed E-state index contributed by atoms with van der Waals surface area (Å²) in [5, 5.41) is 3.25. The van der Waals surface area contributed by atoms with Crippen LogP contribution in [0.4, 0.5) is 0 Å². The molecule has 10 rings (SSSR count). The summed E-state index contributed by atoms with van der Waals surface area (Å²) in [4.78, 5) is 13.5. The summed E-state index contributed by atoms with van der Waals surface area (Å²) in [6.07, 6.45) is 23.6. The molecule has 2 aliphatic carbocycles. The van der Waals surface area contributed by atoms with Gasteiger partial charge < -0.3 is 5.32 Å². The number of fused-ring (bicyclic) bond motifs is 3. The van der Waals surface area contributed by atoms with Crippen molar-refractivity contribution in [1.82, 2.24) is 20.3 Å². The maximum Gasteiger partial charge on any atom is 0.0346 e. The second-order valence-electron chi connectivity index (χ2n) is 15.8. The minimum Gasteiger partial charge on any atom is -0.387 e. The van der Waals surface area contributed by atoms with E-state index in [9.17, 15) is 0 Å². The fourth-order valence-corrected chi connectivity index (χ4v) is 8.86. The lowest BCUT2D eigenvalue weighted by molar-refractivity contribution is 0.660. The number of benzene rings is 4. The number of pyridine rings is 3. The Kier molecular flexibility index (Phi) is 8.68. The van der Waals surface area contributed by atoms with E-state index in [4.69, 9.17) is 0 Å². The number of nitrogens with one attached hydrogen (secondary N) is 1. The van der Waals surface area contributed by atoms with Crippen molar-refractivity contribution in [2.45, 2.75) is 31.6 Å². The Morgan fingerprint density at radius 2 is 1.23 bits per heavy atom. The van der Waals surface area contributed by atoms with E-state index in [1.54, 1.807) is 0 Å². The minimum atomic E-state index is -0.0762. The molecule has 3 aromatic heterocycles. The van der Waals surface area contributed by atoms with Crippen LogP contribution in [0.25, 0.3) is 61.2 Å². The number of hydrogen-bond donors (Lipinski definition) is 1. The van der Waals surface area contributed by atoms with Gasteiger partial charge >= 0.3 is 0 Å². The number of allylic oxidation sites excluding steroid dienone is 6. The summed E-state index contributed by atoms with van der Waals surface area (Å²) in [5.74, 6) is 0.171. The Bertz CT molecular complexity index is 2800.